The summed E-state index contributed by atoms with van der Waals surface area (Å²) in [6.07, 6.45) is 1.36. The van der Waals surface area contributed by atoms with E-state index in [2.05, 4.69) is 0 Å². The van der Waals surface area contributed by atoms with Crippen LogP contribution in [-0.2, 0) is 30.9 Å². The third kappa shape index (κ3) is 8.20. The van der Waals surface area contributed by atoms with Crippen LogP contribution in [0.5, 0.6) is 0 Å². The highest BCUT2D eigenvalue weighted by molar-refractivity contribution is 7.89. The van der Waals surface area contributed by atoms with Gasteiger partial charge >= 0.3 is 0 Å². The Morgan fingerprint density at radius 1 is 1.27 bits per heavy atom. The molecule has 0 bridgehead atoms. The lowest BCUT2D eigenvalue weighted by Gasteiger charge is -2.39. The number of amides is 2. The van der Waals surface area contributed by atoms with Crippen LogP contribution in [0.4, 0.5) is 4.39 Å². The van der Waals surface area contributed by atoms with Gasteiger partial charge in [-0.3, -0.25) is 9.59 Å². The number of hydrogen-bond donors (Lipinski definition) is 0. The minimum absolute atomic E-state index is 0.0220. The van der Waals surface area contributed by atoms with E-state index in [1.165, 1.54) is 26.2 Å². The fourth-order valence-corrected chi connectivity index (χ4v) is 5.04. The summed E-state index contributed by atoms with van der Waals surface area (Å²) >= 11 is 5.68. The molecular formula is C22H33ClFN3O5S. The van der Waals surface area contributed by atoms with Crippen LogP contribution in [0.25, 0.3) is 0 Å². The van der Waals surface area contributed by atoms with Gasteiger partial charge in [0.05, 0.1) is 18.9 Å². The number of carbonyl (C=O) groups excluding carboxylic acids is 2. The summed E-state index contributed by atoms with van der Waals surface area (Å²) in [5.74, 6) is -0.665. The van der Waals surface area contributed by atoms with Crippen molar-refractivity contribution >= 4 is 33.4 Å². The summed E-state index contributed by atoms with van der Waals surface area (Å²) in [4.78, 5) is 28.9. The molecule has 11 heteroatoms. The molecule has 1 saturated heterocycles. The quantitative estimate of drug-likeness (QED) is 0.406. The van der Waals surface area contributed by atoms with Crippen molar-refractivity contribution in [2.75, 3.05) is 51.5 Å². The Morgan fingerprint density at radius 2 is 1.97 bits per heavy atom. The highest BCUT2D eigenvalue weighted by Gasteiger charge is 2.32. The van der Waals surface area contributed by atoms with Crippen molar-refractivity contribution in [3.8, 4) is 0 Å². The summed E-state index contributed by atoms with van der Waals surface area (Å²) in [6, 6.07) is 5.80. The Hall–Kier alpha value is -1.75. The minimum Gasteiger partial charge on any atom is -0.383 e. The molecule has 0 atom stereocenters. The van der Waals surface area contributed by atoms with Gasteiger partial charge in [-0.2, -0.15) is 4.31 Å². The maximum absolute atomic E-state index is 13.8. The van der Waals surface area contributed by atoms with Crippen LogP contribution in [0.3, 0.4) is 0 Å². The Morgan fingerprint density at radius 3 is 2.55 bits per heavy atom. The molecule has 0 unspecified atom stereocenters. The van der Waals surface area contributed by atoms with Crippen LogP contribution in [0, 0.1) is 5.82 Å². The van der Waals surface area contributed by atoms with Gasteiger partial charge in [0.1, 0.15) is 5.82 Å². The highest BCUT2D eigenvalue weighted by Crippen LogP contribution is 2.21. The molecular weight excluding hydrogens is 473 g/mol. The molecule has 0 aromatic heterocycles. The van der Waals surface area contributed by atoms with Crippen molar-refractivity contribution in [1.82, 2.24) is 14.1 Å². The predicted molar refractivity (Wildman–Crippen MR) is 125 cm³/mol. The number of benzene rings is 1. The van der Waals surface area contributed by atoms with E-state index in [0.717, 1.165) is 4.31 Å². The van der Waals surface area contributed by atoms with Crippen molar-refractivity contribution in [1.29, 1.82) is 0 Å². The smallest absolute Gasteiger partial charge is 0.238 e. The minimum atomic E-state index is -3.62. The molecule has 0 aliphatic carbocycles. The molecule has 33 heavy (non-hydrogen) atoms. The van der Waals surface area contributed by atoms with E-state index in [4.69, 9.17) is 16.3 Å². The van der Waals surface area contributed by atoms with Crippen LogP contribution < -0.4 is 0 Å². The van der Waals surface area contributed by atoms with Crippen LogP contribution >= 0.6 is 11.6 Å². The second-order valence-corrected chi connectivity index (χ2v) is 10.6. The van der Waals surface area contributed by atoms with Gasteiger partial charge in [0.15, 0.2) is 0 Å². The average molecular weight is 506 g/mol. The predicted octanol–water partition coefficient (Wildman–Crippen LogP) is 2.07. The zero-order valence-electron chi connectivity index (χ0n) is 19.2. The van der Waals surface area contributed by atoms with Gasteiger partial charge in [0.25, 0.3) is 0 Å². The maximum Gasteiger partial charge on any atom is 0.238 e. The second-order valence-electron chi connectivity index (χ2n) is 7.93. The van der Waals surface area contributed by atoms with Crippen molar-refractivity contribution in [2.24, 2.45) is 0 Å². The highest BCUT2D eigenvalue weighted by atomic mass is 35.5. The topological polar surface area (TPSA) is 87.2 Å². The van der Waals surface area contributed by atoms with Crippen LogP contribution in [0.15, 0.2) is 24.3 Å². The zero-order chi connectivity index (χ0) is 24.4. The number of nitrogens with zero attached hydrogens (tertiary/aromatic N) is 3. The Labute approximate surface area is 200 Å². The largest absolute Gasteiger partial charge is 0.383 e. The standard InChI is InChI=1S/C22H33ClFN3O5S/c1-3-33(30,31)26(13-14-32-2)17-22(29)27(16-18-5-4-6-19(24)15-18)20-8-11-25(12-9-20)21(28)7-10-23/h4-6,15,20H,3,7-14,16-17H2,1-2H3. The molecule has 1 aromatic carbocycles. The van der Waals surface area contributed by atoms with E-state index in [-0.39, 0.29) is 62.2 Å². The SMILES string of the molecule is CCS(=O)(=O)N(CCOC)CC(=O)N(Cc1cccc(F)c1)C1CCN(C(=O)CCCl)CC1. The summed E-state index contributed by atoms with van der Waals surface area (Å²) in [6.45, 7) is 2.55. The molecule has 1 aliphatic rings. The summed E-state index contributed by atoms with van der Waals surface area (Å²) in [7, 11) is -2.15. The summed E-state index contributed by atoms with van der Waals surface area (Å²) < 4.78 is 44.9. The number of carbonyl (C=O) groups is 2. The van der Waals surface area contributed by atoms with E-state index in [9.17, 15) is 22.4 Å². The van der Waals surface area contributed by atoms with Crippen molar-refractivity contribution in [3.63, 3.8) is 0 Å². The van der Waals surface area contributed by atoms with Crippen LogP contribution in [-0.4, -0.2) is 91.9 Å². The Bertz CT molecular complexity index is 894. The molecule has 0 N–H and O–H groups in total. The number of alkyl halides is 1. The molecule has 0 spiro atoms. The van der Waals surface area contributed by atoms with Crippen molar-refractivity contribution in [2.45, 2.75) is 38.8 Å². The molecule has 1 aliphatic heterocycles. The first-order valence-electron chi connectivity index (χ1n) is 11.1. The number of halogens is 2. The fraction of sp³-hybridized carbons (Fsp3) is 0.636. The molecule has 8 nitrogen and oxygen atoms in total. The third-order valence-corrected chi connectivity index (χ3v) is 7.76. The average Bonchev–Trinajstić information content (AvgIpc) is 2.80. The lowest BCUT2D eigenvalue weighted by Crippen LogP contribution is -2.51. The fourth-order valence-electron chi connectivity index (χ4n) is 3.85. The molecule has 1 fully saturated rings. The number of likely N-dealkylation sites (tertiary alicyclic amines) is 1. The Kier molecular flexibility index (Phi) is 11.0. The van der Waals surface area contributed by atoms with Gasteiger partial charge in [-0.15, -0.1) is 11.6 Å². The third-order valence-electron chi connectivity index (χ3n) is 5.74. The van der Waals surface area contributed by atoms with E-state index in [0.29, 0.717) is 31.5 Å². The summed E-state index contributed by atoms with van der Waals surface area (Å²) in [5.41, 5.74) is 0.616. The van der Waals surface area contributed by atoms with Gasteiger partial charge in [0, 0.05) is 51.6 Å². The maximum atomic E-state index is 13.8. The zero-order valence-corrected chi connectivity index (χ0v) is 20.8. The first-order valence-corrected chi connectivity index (χ1v) is 13.2. The molecule has 1 aromatic rings. The lowest BCUT2D eigenvalue weighted by atomic mass is 10.0. The van der Waals surface area contributed by atoms with E-state index in [1.807, 2.05) is 0 Å². The van der Waals surface area contributed by atoms with Gasteiger partial charge < -0.3 is 14.5 Å². The second kappa shape index (κ2) is 13.2. The van der Waals surface area contributed by atoms with Crippen molar-refractivity contribution in [3.05, 3.63) is 35.6 Å². The number of ether oxygens (including phenoxy) is 1. The van der Waals surface area contributed by atoms with E-state index in [1.54, 1.807) is 21.9 Å². The lowest BCUT2D eigenvalue weighted by molar-refractivity contribution is -0.137. The van der Waals surface area contributed by atoms with Gasteiger partial charge in [0.2, 0.25) is 21.8 Å². The normalized spacial score (nSPS) is 15.1. The summed E-state index contributed by atoms with van der Waals surface area (Å²) in [5, 5.41) is 0. The monoisotopic (exact) mass is 505 g/mol. The number of sulfonamides is 1. The molecule has 2 rings (SSSR count). The molecule has 0 radical (unpaired) electrons. The van der Waals surface area contributed by atoms with Crippen LogP contribution in [0.2, 0.25) is 0 Å². The number of hydrogen-bond acceptors (Lipinski definition) is 5. The molecule has 2 amide bonds. The van der Waals surface area contributed by atoms with Gasteiger partial charge in [-0.1, -0.05) is 12.1 Å². The van der Waals surface area contributed by atoms with Gasteiger partial charge in [-0.25, -0.2) is 12.8 Å². The first kappa shape index (κ1) is 27.5. The van der Waals surface area contributed by atoms with Gasteiger partial charge in [-0.05, 0) is 37.5 Å². The number of piperidine rings is 1. The first-order chi connectivity index (χ1) is 15.7. The van der Waals surface area contributed by atoms with E-state index >= 15 is 0 Å². The number of methoxy groups -OCH3 is 1. The molecule has 1 heterocycles. The van der Waals surface area contributed by atoms with E-state index < -0.39 is 15.8 Å². The molecule has 0 saturated carbocycles. The van der Waals surface area contributed by atoms with Crippen LogP contribution in [0.1, 0.15) is 31.7 Å². The Balaban J connectivity index is 2.21. The van der Waals surface area contributed by atoms with Crippen molar-refractivity contribution < 1.29 is 27.1 Å². The molecule has 186 valence electrons. The number of rotatable bonds is 12.